The smallest absolute Gasteiger partial charge is 0.272 e. The van der Waals surface area contributed by atoms with Gasteiger partial charge in [0.2, 0.25) is 10.0 Å². The van der Waals surface area contributed by atoms with Crippen LogP contribution < -0.4 is 15.4 Å². The number of carbonyl (C=O) groups is 1. The topological polar surface area (TPSA) is 105 Å². The van der Waals surface area contributed by atoms with Crippen LogP contribution in [-0.4, -0.2) is 44.2 Å². The van der Waals surface area contributed by atoms with Gasteiger partial charge in [-0.25, -0.2) is 13.1 Å². The van der Waals surface area contributed by atoms with E-state index in [2.05, 4.69) is 20.5 Å². The van der Waals surface area contributed by atoms with Gasteiger partial charge in [-0.05, 0) is 57.1 Å². The monoisotopic (exact) mass is 391 g/mol. The largest absolute Gasteiger partial charge is 0.344 e. The number of rotatable bonds is 6. The molecule has 2 atom stereocenters. The van der Waals surface area contributed by atoms with Gasteiger partial charge < -0.3 is 10.6 Å². The molecular formula is C18H25N5O3S. The summed E-state index contributed by atoms with van der Waals surface area (Å²) in [5, 5.41) is 10.7. The minimum absolute atomic E-state index is 0.187. The summed E-state index contributed by atoms with van der Waals surface area (Å²) in [6.45, 7) is 3.74. The molecule has 2 unspecified atom stereocenters. The number of amides is 1. The summed E-state index contributed by atoms with van der Waals surface area (Å²) < 4.78 is 27.7. The van der Waals surface area contributed by atoms with E-state index in [0.29, 0.717) is 5.69 Å². The molecule has 0 bridgehead atoms. The second kappa shape index (κ2) is 8.20. The molecule has 1 aliphatic heterocycles. The zero-order valence-corrected chi connectivity index (χ0v) is 16.3. The first-order chi connectivity index (χ1) is 12.9. The lowest BCUT2D eigenvalue weighted by Gasteiger charge is -2.22. The van der Waals surface area contributed by atoms with E-state index in [1.165, 1.54) is 19.2 Å². The predicted molar refractivity (Wildman–Crippen MR) is 102 cm³/mol. The van der Waals surface area contributed by atoms with Crippen molar-refractivity contribution in [2.24, 2.45) is 0 Å². The summed E-state index contributed by atoms with van der Waals surface area (Å²) >= 11 is 0. The molecular weight excluding hydrogens is 366 g/mol. The van der Waals surface area contributed by atoms with Crippen LogP contribution in [0.15, 0.2) is 41.4 Å². The summed E-state index contributed by atoms with van der Waals surface area (Å²) in [7, 11) is -2.10. The predicted octanol–water partition coefficient (Wildman–Crippen LogP) is 1.21. The molecule has 3 N–H and O–H groups in total. The van der Waals surface area contributed by atoms with Gasteiger partial charge >= 0.3 is 0 Å². The Morgan fingerprint density at radius 3 is 2.67 bits per heavy atom. The highest BCUT2D eigenvalue weighted by Gasteiger charge is 2.19. The third-order valence-electron chi connectivity index (χ3n) is 4.79. The van der Waals surface area contributed by atoms with Crippen molar-refractivity contribution in [3.63, 3.8) is 0 Å². The number of sulfonamides is 1. The molecule has 2 aromatic rings. The van der Waals surface area contributed by atoms with E-state index >= 15 is 0 Å². The molecule has 146 valence electrons. The first-order valence-electron chi connectivity index (χ1n) is 9.01. The maximum atomic E-state index is 12.5. The van der Waals surface area contributed by atoms with E-state index in [1.807, 2.05) is 17.8 Å². The fraction of sp³-hybridized carbons (Fsp3) is 0.444. The van der Waals surface area contributed by atoms with Crippen molar-refractivity contribution in [1.82, 2.24) is 25.1 Å². The quantitative estimate of drug-likeness (QED) is 0.686. The van der Waals surface area contributed by atoms with Crippen molar-refractivity contribution < 1.29 is 13.2 Å². The van der Waals surface area contributed by atoms with Gasteiger partial charge in [-0.1, -0.05) is 12.1 Å². The number of carbonyl (C=O) groups excluding carboxylic acids is 1. The van der Waals surface area contributed by atoms with Crippen LogP contribution in [0.5, 0.6) is 0 Å². The van der Waals surface area contributed by atoms with Gasteiger partial charge in [-0.2, -0.15) is 5.10 Å². The molecule has 1 saturated heterocycles. The number of nitrogens with zero attached hydrogens (tertiary/aromatic N) is 2. The van der Waals surface area contributed by atoms with Crippen molar-refractivity contribution in [1.29, 1.82) is 0 Å². The standard InChI is InChI=1S/C18H25N5O3S/c1-13(14-5-7-16(8-6-14)27(25,26)19-2)21-18(24)17-9-11-23(22-17)15-4-3-10-20-12-15/h5-9,11,13,15,19-20H,3-4,10,12H2,1-2H3,(H,21,24). The molecule has 1 aromatic heterocycles. The van der Waals surface area contributed by atoms with Crippen LogP contribution in [0.25, 0.3) is 0 Å². The van der Waals surface area contributed by atoms with Crippen LogP contribution in [0.1, 0.15) is 47.9 Å². The number of nitrogens with one attached hydrogen (secondary N) is 3. The van der Waals surface area contributed by atoms with Crippen LogP contribution in [-0.2, 0) is 10.0 Å². The van der Waals surface area contributed by atoms with E-state index in [0.717, 1.165) is 31.5 Å². The van der Waals surface area contributed by atoms with E-state index in [4.69, 9.17) is 0 Å². The second-order valence-electron chi connectivity index (χ2n) is 6.65. The Labute approximate surface area is 159 Å². The Kier molecular flexibility index (Phi) is 5.93. The molecule has 2 heterocycles. The number of hydrogen-bond acceptors (Lipinski definition) is 5. The van der Waals surface area contributed by atoms with Gasteiger partial charge in [0.05, 0.1) is 17.0 Å². The highest BCUT2D eigenvalue weighted by atomic mass is 32.2. The number of benzene rings is 1. The normalized spacial score (nSPS) is 18.8. The summed E-state index contributed by atoms with van der Waals surface area (Å²) in [6.07, 6.45) is 3.99. The van der Waals surface area contributed by atoms with Crippen LogP contribution in [0.3, 0.4) is 0 Å². The van der Waals surface area contributed by atoms with Crippen LogP contribution in [0, 0.1) is 0 Å². The third kappa shape index (κ3) is 4.55. The maximum absolute atomic E-state index is 12.5. The van der Waals surface area contributed by atoms with Crippen LogP contribution in [0.2, 0.25) is 0 Å². The van der Waals surface area contributed by atoms with Gasteiger partial charge in [-0.15, -0.1) is 0 Å². The van der Waals surface area contributed by atoms with Crippen molar-refractivity contribution >= 4 is 15.9 Å². The average Bonchev–Trinajstić information content (AvgIpc) is 3.19. The summed E-state index contributed by atoms with van der Waals surface area (Å²) in [5.74, 6) is -0.253. The Bertz CT molecular complexity index is 886. The number of hydrogen-bond donors (Lipinski definition) is 3. The lowest BCUT2D eigenvalue weighted by atomic mass is 10.1. The highest BCUT2D eigenvalue weighted by molar-refractivity contribution is 7.89. The minimum Gasteiger partial charge on any atom is -0.344 e. The third-order valence-corrected chi connectivity index (χ3v) is 6.22. The van der Waals surface area contributed by atoms with Gasteiger partial charge in [0, 0.05) is 12.7 Å². The number of piperidine rings is 1. The zero-order chi connectivity index (χ0) is 19.4. The van der Waals surface area contributed by atoms with Gasteiger partial charge in [0.25, 0.3) is 5.91 Å². The molecule has 1 amide bonds. The average molecular weight is 391 g/mol. The maximum Gasteiger partial charge on any atom is 0.272 e. The Morgan fingerprint density at radius 2 is 2.04 bits per heavy atom. The zero-order valence-electron chi connectivity index (χ0n) is 15.5. The van der Waals surface area contributed by atoms with Crippen LogP contribution >= 0.6 is 0 Å². The molecule has 8 nitrogen and oxygen atoms in total. The Hall–Kier alpha value is -2.23. The first-order valence-corrected chi connectivity index (χ1v) is 10.5. The van der Waals surface area contributed by atoms with E-state index < -0.39 is 10.0 Å². The minimum atomic E-state index is -3.47. The Balaban J connectivity index is 1.64. The molecule has 3 rings (SSSR count). The molecule has 1 aliphatic rings. The van der Waals surface area contributed by atoms with E-state index in [1.54, 1.807) is 18.2 Å². The van der Waals surface area contributed by atoms with Crippen LogP contribution in [0.4, 0.5) is 0 Å². The van der Waals surface area contributed by atoms with Gasteiger partial charge in [0.1, 0.15) is 5.69 Å². The second-order valence-corrected chi connectivity index (χ2v) is 8.54. The summed E-state index contributed by atoms with van der Waals surface area (Å²) in [4.78, 5) is 12.7. The molecule has 0 saturated carbocycles. The SMILES string of the molecule is CNS(=O)(=O)c1ccc(C(C)NC(=O)c2ccn(C3CCCNC3)n2)cc1. The number of aromatic nitrogens is 2. The van der Waals surface area contributed by atoms with Crippen molar-refractivity contribution in [3.05, 3.63) is 47.8 Å². The van der Waals surface area contributed by atoms with Crippen molar-refractivity contribution in [2.45, 2.75) is 36.7 Å². The Morgan fingerprint density at radius 1 is 1.30 bits per heavy atom. The molecule has 0 radical (unpaired) electrons. The lowest BCUT2D eigenvalue weighted by molar-refractivity contribution is 0.0933. The molecule has 1 fully saturated rings. The molecule has 27 heavy (non-hydrogen) atoms. The lowest BCUT2D eigenvalue weighted by Crippen LogP contribution is -2.32. The first kappa shape index (κ1) is 19.5. The van der Waals surface area contributed by atoms with Gasteiger partial charge in [-0.3, -0.25) is 9.48 Å². The molecule has 0 spiro atoms. The molecule has 1 aromatic carbocycles. The fourth-order valence-electron chi connectivity index (χ4n) is 3.13. The fourth-order valence-corrected chi connectivity index (χ4v) is 3.86. The summed E-state index contributed by atoms with van der Waals surface area (Å²) in [6, 6.07) is 8.16. The highest BCUT2D eigenvalue weighted by Crippen LogP contribution is 2.18. The van der Waals surface area contributed by atoms with E-state index in [9.17, 15) is 13.2 Å². The van der Waals surface area contributed by atoms with Crippen molar-refractivity contribution in [2.75, 3.05) is 20.1 Å². The summed E-state index contributed by atoms with van der Waals surface area (Å²) in [5.41, 5.74) is 1.19. The molecule has 9 heteroatoms. The van der Waals surface area contributed by atoms with Crippen molar-refractivity contribution in [3.8, 4) is 0 Å². The van der Waals surface area contributed by atoms with Gasteiger partial charge in [0.15, 0.2) is 0 Å². The molecule has 0 aliphatic carbocycles. The van der Waals surface area contributed by atoms with E-state index in [-0.39, 0.29) is 22.9 Å².